The molecule has 3 aromatic carbocycles. The summed E-state index contributed by atoms with van der Waals surface area (Å²) in [7, 11) is 0. The molecule has 0 saturated heterocycles. The second kappa shape index (κ2) is 17.3. The van der Waals surface area contributed by atoms with E-state index in [1.807, 2.05) is 42.5 Å². The Labute approximate surface area is 250 Å². The topological polar surface area (TPSA) is 148 Å². The molecule has 0 aliphatic heterocycles. The minimum atomic E-state index is -0.290. The van der Waals surface area contributed by atoms with Gasteiger partial charge in [0.25, 0.3) is 5.91 Å². The number of aromatic nitrogens is 3. The van der Waals surface area contributed by atoms with Gasteiger partial charge in [-0.25, -0.2) is 4.39 Å². The summed E-state index contributed by atoms with van der Waals surface area (Å²) in [5.41, 5.74) is 8.83. The third-order valence-corrected chi connectivity index (χ3v) is 6.13. The molecule has 6 N–H and O–H groups in total. The summed E-state index contributed by atoms with van der Waals surface area (Å²) in [5, 5.41) is 12.5. The van der Waals surface area contributed by atoms with E-state index in [9.17, 15) is 9.18 Å². The third-order valence-electron chi connectivity index (χ3n) is 6.13. The molecule has 1 heterocycles. The predicted molar refractivity (Wildman–Crippen MR) is 164 cm³/mol. The lowest BCUT2D eigenvalue weighted by Crippen LogP contribution is -2.27. The Morgan fingerprint density at radius 1 is 0.651 bits per heavy atom. The average molecular weight is 589 g/mol. The van der Waals surface area contributed by atoms with E-state index in [0.29, 0.717) is 82.6 Å². The van der Waals surface area contributed by atoms with Crippen LogP contribution >= 0.6 is 0 Å². The van der Waals surface area contributed by atoms with E-state index < -0.39 is 0 Å². The molecule has 0 atom stereocenters. The third kappa shape index (κ3) is 11.3. The Hall–Kier alpha value is -4.65. The maximum absolute atomic E-state index is 13.3. The summed E-state index contributed by atoms with van der Waals surface area (Å²) in [4.78, 5) is 26.0. The zero-order valence-corrected chi connectivity index (χ0v) is 23.9. The van der Waals surface area contributed by atoms with Crippen LogP contribution in [0.3, 0.4) is 0 Å². The van der Waals surface area contributed by atoms with Crippen LogP contribution in [0.4, 0.5) is 22.2 Å². The molecule has 11 nitrogen and oxygen atoms in total. The fourth-order valence-corrected chi connectivity index (χ4v) is 3.87. The molecule has 0 spiro atoms. The number of amides is 1. The Kier molecular flexibility index (Phi) is 12.6. The van der Waals surface area contributed by atoms with Gasteiger partial charge < -0.3 is 36.5 Å². The monoisotopic (exact) mass is 588 g/mol. The molecular formula is C31H37FN8O3. The second-order valence-electron chi connectivity index (χ2n) is 9.45. The van der Waals surface area contributed by atoms with Crippen molar-refractivity contribution in [3.8, 4) is 0 Å². The van der Waals surface area contributed by atoms with E-state index in [1.165, 1.54) is 12.1 Å². The van der Waals surface area contributed by atoms with Crippen LogP contribution in [0, 0.1) is 5.82 Å². The van der Waals surface area contributed by atoms with Gasteiger partial charge >= 0.3 is 0 Å². The normalized spacial score (nSPS) is 10.7. The Morgan fingerprint density at radius 3 is 1.67 bits per heavy atom. The van der Waals surface area contributed by atoms with Crippen LogP contribution in [0.1, 0.15) is 27.0 Å². The van der Waals surface area contributed by atoms with Crippen molar-refractivity contribution < 1.29 is 18.7 Å². The summed E-state index contributed by atoms with van der Waals surface area (Å²) in [6.07, 6.45) is 0. The number of halogens is 1. The van der Waals surface area contributed by atoms with Gasteiger partial charge in [-0.1, -0.05) is 54.6 Å². The van der Waals surface area contributed by atoms with Gasteiger partial charge in [0.1, 0.15) is 5.82 Å². The van der Waals surface area contributed by atoms with Crippen LogP contribution in [-0.2, 0) is 29.1 Å². The number of carbonyl (C=O) groups excluding carboxylic acids is 1. The molecule has 0 unspecified atom stereocenters. The maximum Gasteiger partial charge on any atom is 0.251 e. The van der Waals surface area contributed by atoms with Gasteiger partial charge in [-0.2, -0.15) is 15.0 Å². The molecule has 12 heteroatoms. The van der Waals surface area contributed by atoms with E-state index in [0.717, 1.165) is 16.7 Å². The standard InChI is InChI=1S/C31H37FN8O3/c32-27-12-8-25(9-13-27)22-37-31-39-29(35-20-23-4-2-1-3-5-23)38-30(40-31)36-21-24-6-10-26(11-7-24)28(41)34-15-17-43-19-18-42-16-14-33/h1-13H,14-22,33H2,(H,34,41)(H3,35,36,37,38,39,40). The Bertz CT molecular complexity index is 1390. The first kappa shape index (κ1) is 31.3. The first-order valence-corrected chi connectivity index (χ1v) is 14.1. The molecular weight excluding hydrogens is 551 g/mol. The number of hydrogen-bond acceptors (Lipinski definition) is 10. The lowest BCUT2D eigenvalue weighted by atomic mass is 10.1. The van der Waals surface area contributed by atoms with Gasteiger partial charge in [0, 0.05) is 38.3 Å². The average Bonchev–Trinajstić information content (AvgIpc) is 3.04. The van der Waals surface area contributed by atoms with E-state index in [2.05, 4.69) is 36.2 Å². The molecule has 0 saturated carbocycles. The molecule has 4 rings (SSSR count). The molecule has 226 valence electrons. The fourth-order valence-electron chi connectivity index (χ4n) is 3.87. The first-order chi connectivity index (χ1) is 21.1. The Balaban J connectivity index is 1.30. The van der Waals surface area contributed by atoms with E-state index in [-0.39, 0.29) is 11.7 Å². The number of nitrogens with two attached hydrogens (primary N) is 1. The largest absolute Gasteiger partial charge is 0.378 e. The summed E-state index contributed by atoms with van der Waals surface area (Å²) in [5.74, 6) is 0.689. The predicted octanol–water partition coefficient (Wildman–Crippen LogP) is 3.57. The van der Waals surface area contributed by atoms with E-state index >= 15 is 0 Å². The highest BCUT2D eigenvalue weighted by molar-refractivity contribution is 5.94. The first-order valence-electron chi connectivity index (χ1n) is 14.1. The van der Waals surface area contributed by atoms with Gasteiger partial charge in [-0.15, -0.1) is 0 Å². The van der Waals surface area contributed by atoms with Gasteiger partial charge in [0.15, 0.2) is 0 Å². The van der Waals surface area contributed by atoms with Gasteiger partial charge in [-0.3, -0.25) is 4.79 Å². The number of anilines is 3. The van der Waals surface area contributed by atoms with Crippen LogP contribution in [0.15, 0.2) is 78.9 Å². The number of benzene rings is 3. The summed E-state index contributed by atoms with van der Waals surface area (Å²) < 4.78 is 23.9. The minimum absolute atomic E-state index is 0.175. The second-order valence-corrected chi connectivity index (χ2v) is 9.45. The van der Waals surface area contributed by atoms with Crippen LogP contribution < -0.4 is 27.0 Å². The summed E-state index contributed by atoms with van der Waals surface area (Å²) in [6, 6.07) is 23.4. The van der Waals surface area contributed by atoms with Crippen LogP contribution in [-0.4, -0.2) is 60.4 Å². The van der Waals surface area contributed by atoms with Crippen LogP contribution in [0.5, 0.6) is 0 Å². The number of hydrogen-bond donors (Lipinski definition) is 5. The number of nitrogens with zero attached hydrogens (tertiary/aromatic N) is 3. The van der Waals surface area contributed by atoms with Crippen molar-refractivity contribution in [2.75, 3.05) is 55.5 Å². The summed E-state index contributed by atoms with van der Waals surface area (Å²) in [6.45, 7) is 4.10. The van der Waals surface area contributed by atoms with Crippen molar-refractivity contribution in [2.24, 2.45) is 5.73 Å². The van der Waals surface area contributed by atoms with Gasteiger partial charge in [-0.05, 0) is 41.0 Å². The van der Waals surface area contributed by atoms with Crippen molar-refractivity contribution in [3.63, 3.8) is 0 Å². The zero-order valence-electron chi connectivity index (χ0n) is 23.9. The summed E-state index contributed by atoms with van der Waals surface area (Å²) >= 11 is 0. The molecule has 0 fully saturated rings. The van der Waals surface area contributed by atoms with Crippen molar-refractivity contribution in [3.05, 3.63) is 107 Å². The van der Waals surface area contributed by atoms with Crippen LogP contribution in [0.2, 0.25) is 0 Å². The van der Waals surface area contributed by atoms with Crippen molar-refractivity contribution >= 4 is 23.8 Å². The maximum atomic E-state index is 13.3. The van der Waals surface area contributed by atoms with E-state index in [1.54, 1.807) is 24.3 Å². The molecule has 0 aliphatic carbocycles. The SMILES string of the molecule is NCCOCCOCCNC(=O)c1ccc(CNc2nc(NCc3ccccc3)nc(NCc3ccc(F)cc3)n2)cc1. The number of nitrogens with one attached hydrogen (secondary N) is 4. The van der Waals surface area contributed by atoms with Crippen molar-refractivity contribution in [1.29, 1.82) is 0 Å². The van der Waals surface area contributed by atoms with Crippen molar-refractivity contribution in [2.45, 2.75) is 19.6 Å². The molecule has 0 radical (unpaired) electrons. The molecule has 1 aromatic heterocycles. The lowest BCUT2D eigenvalue weighted by Gasteiger charge is -2.12. The number of rotatable bonds is 18. The fraction of sp³-hybridized carbons (Fsp3) is 0.290. The van der Waals surface area contributed by atoms with E-state index in [4.69, 9.17) is 15.2 Å². The number of carbonyl (C=O) groups is 1. The highest BCUT2D eigenvalue weighted by atomic mass is 19.1. The molecule has 43 heavy (non-hydrogen) atoms. The Morgan fingerprint density at radius 2 is 1.14 bits per heavy atom. The molecule has 4 aromatic rings. The minimum Gasteiger partial charge on any atom is -0.378 e. The molecule has 0 aliphatic rings. The van der Waals surface area contributed by atoms with Gasteiger partial charge in [0.05, 0.1) is 26.4 Å². The van der Waals surface area contributed by atoms with Gasteiger partial charge in [0.2, 0.25) is 17.8 Å². The highest BCUT2D eigenvalue weighted by Gasteiger charge is 2.09. The number of ether oxygens (including phenoxy) is 2. The quantitative estimate of drug-likeness (QED) is 0.109. The smallest absolute Gasteiger partial charge is 0.251 e. The highest BCUT2D eigenvalue weighted by Crippen LogP contribution is 2.14. The van der Waals surface area contributed by atoms with Crippen molar-refractivity contribution in [1.82, 2.24) is 20.3 Å². The zero-order chi connectivity index (χ0) is 30.1. The molecule has 0 bridgehead atoms. The van der Waals surface area contributed by atoms with Crippen LogP contribution in [0.25, 0.3) is 0 Å². The lowest BCUT2D eigenvalue weighted by molar-refractivity contribution is 0.0511. The molecule has 1 amide bonds.